The molecule has 5 heteroatoms. The Kier molecular flexibility index (Phi) is 4.25. The van der Waals surface area contributed by atoms with Crippen LogP contribution in [0.25, 0.3) is 0 Å². The van der Waals surface area contributed by atoms with Crippen molar-refractivity contribution in [1.82, 2.24) is 4.98 Å². The zero-order valence-electron chi connectivity index (χ0n) is 9.60. The van der Waals surface area contributed by atoms with Gasteiger partial charge in [0.15, 0.2) is 0 Å². The van der Waals surface area contributed by atoms with Crippen LogP contribution in [0.1, 0.15) is 30.6 Å². The van der Waals surface area contributed by atoms with Crippen molar-refractivity contribution >= 4 is 11.7 Å². The summed E-state index contributed by atoms with van der Waals surface area (Å²) in [7, 11) is 0. The molecular formula is C11H18N4O. The second-order valence-corrected chi connectivity index (χ2v) is 4.02. The highest BCUT2D eigenvalue weighted by Crippen LogP contribution is 2.13. The van der Waals surface area contributed by atoms with Crippen LogP contribution in [0, 0.1) is 0 Å². The number of nitrogens with one attached hydrogen (secondary N) is 1. The quantitative estimate of drug-likeness (QED) is 0.684. The van der Waals surface area contributed by atoms with E-state index in [2.05, 4.69) is 10.3 Å². The van der Waals surface area contributed by atoms with E-state index in [-0.39, 0.29) is 12.1 Å². The Bertz CT molecular complexity index is 365. The average Bonchev–Trinajstić information content (AvgIpc) is 2.16. The highest BCUT2D eigenvalue weighted by molar-refractivity contribution is 5.97. The van der Waals surface area contributed by atoms with Gasteiger partial charge in [0.25, 0.3) is 5.91 Å². The molecule has 0 bridgehead atoms. The molecule has 0 aromatic carbocycles. The third kappa shape index (κ3) is 3.51. The number of primary amides is 1. The van der Waals surface area contributed by atoms with Gasteiger partial charge in [-0.1, -0.05) is 0 Å². The Morgan fingerprint density at radius 3 is 2.81 bits per heavy atom. The number of amides is 1. The molecule has 0 saturated heterocycles. The van der Waals surface area contributed by atoms with E-state index in [1.165, 1.54) is 0 Å². The number of anilines is 1. The summed E-state index contributed by atoms with van der Waals surface area (Å²) < 4.78 is 0. The molecule has 0 aliphatic rings. The van der Waals surface area contributed by atoms with Crippen LogP contribution in [-0.4, -0.2) is 23.0 Å². The molecule has 5 N–H and O–H groups in total. The van der Waals surface area contributed by atoms with Gasteiger partial charge < -0.3 is 16.8 Å². The first-order valence-electron chi connectivity index (χ1n) is 5.27. The van der Waals surface area contributed by atoms with Crippen molar-refractivity contribution in [2.24, 2.45) is 11.5 Å². The predicted octanol–water partition coefficient (Wildman–Crippen LogP) is 0.718. The number of rotatable bonds is 5. The Balaban J connectivity index is 2.76. The minimum absolute atomic E-state index is 0.100. The molecule has 1 heterocycles. The molecule has 0 aliphatic carbocycles. The van der Waals surface area contributed by atoms with Crippen LogP contribution in [0.2, 0.25) is 0 Å². The highest BCUT2D eigenvalue weighted by Gasteiger charge is 2.11. The normalized spacial score (nSPS) is 14.2. The summed E-state index contributed by atoms with van der Waals surface area (Å²) >= 11 is 0. The fraction of sp³-hybridized carbons (Fsp3) is 0.455. The first-order valence-corrected chi connectivity index (χ1v) is 5.27. The maximum Gasteiger partial charge on any atom is 0.252 e. The lowest BCUT2D eigenvalue weighted by molar-refractivity contribution is 0.100. The molecular weight excluding hydrogens is 204 g/mol. The van der Waals surface area contributed by atoms with Gasteiger partial charge in [0.1, 0.15) is 5.82 Å². The number of pyridine rings is 1. The number of hydrogen-bond donors (Lipinski definition) is 3. The maximum atomic E-state index is 11.1. The Labute approximate surface area is 95.2 Å². The number of hydrogen-bond acceptors (Lipinski definition) is 4. The van der Waals surface area contributed by atoms with Crippen LogP contribution in [0.15, 0.2) is 18.3 Å². The van der Waals surface area contributed by atoms with Gasteiger partial charge in [-0.2, -0.15) is 0 Å². The minimum atomic E-state index is -0.483. The molecule has 0 fully saturated rings. The second-order valence-electron chi connectivity index (χ2n) is 4.02. The largest absolute Gasteiger partial charge is 0.367 e. The number of nitrogens with two attached hydrogens (primary N) is 2. The van der Waals surface area contributed by atoms with Crippen molar-refractivity contribution < 1.29 is 4.79 Å². The first kappa shape index (κ1) is 12.4. The van der Waals surface area contributed by atoms with Gasteiger partial charge >= 0.3 is 0 Å². The lowest BCUT2D eigenvalue weighted by Gasteiger charge is -2.17. The highest BCUT2D eigenvalue weighted by atomic mass is 16.1. The van der Waals surface area contributed by atoms with Gasteiger partial charge in [-0.15, -0.1) is 0 Å². The van der Waals surface area contributed by atoms with Crippen molar-refractivity contribution in [2.45, 2.75) is 32.4 Å². The van der Waals surface area contributed by atoms with Crippen LogP contribution in [0.4, 0.5) is 5.82 Å². The third-order valence-electron chi connectivity index (χ3n) is 2.18. The van der Waals surface area contributed by atoms with E-state index in [4.69, 9.17) is 11.5 Å². The van der Waals surface area contributed by atoms with E-state index < -0.39 is 5.91 Å². The molecule has 0 spiro atoms. The average molecular weight is 222 g/mol. The Morgan fingerprint density at radius 2 is 2.25 bits per heavy atom. The summed E-state index contributed by atoms with van der Waals surface area (Å²) in [5.41, 5.74) is 11.3. The Hall–Kier alpha value is -1.62. The monoisotopic (exact) mass is 222 g/mol. The summed E-state index contributed by atoms with van der Waals surface area (Å²) in [5, 5.41) is 3.13. The van der Waals surface area contributed by atoms with Crippen LogP contribution < -0.4 is 16.8 Å². The molecule has 2 atom stereocenters. The summed E-state index contributed by atoms with van der Waals surface area (Å²) in [6, 6.07) is 3.58. The number of carbonyl (C=O) groups is 1. The van der Waals surface area contributed by atoms with Crippen molar-refractivity contribution in [1.29, 1.82) is 0 Å². The molecule has 1 aromatic heterocycles. The maximum absolute atomic E-state index is 11.1. The molecule has 1 amide bonds. The van der Waals surface area contributed by atoms with Crippen molar-refractivity contribution in [3.05, 3.63) is 23.9 Å². The molecule has 1 rings (SSSR count). The minimum Gasteiger partial charge on any atom is -0.367 e. The van der Waals surface area contributed by atoms with Crippen molar-refractivity contribution in [3.63, 3.8) is 0 Å². The molecule has 0 saturated carbocycles. The van der Waals surface area contributed by atoms with Gasteiger partial charge in [0.05, 0.1) is 5.56 Å². The zero-order valence-corrected chi connectivity index (χ0v) is 9.60. The first-order chi connectivity index (χ1) is 7.50. The molecule has 2 unspecified atom stereocenters. The number of nitrogens with zero attached hydrogens (tertiary/aromatic N) is 1. The second kappa shape index (κ2) is 5.46. The topological polar surface area (TPSA) is 94.0 Å². The summed E-state index contributed by atoms with van der Waals surface area (Å²) in [4.78, 5) is 15.2. The van der Waals surface area contributed by atoms with Gasteiger partial charge in [-0.25, -0.2) is 4.98 Å². The molecule has 16 heavy (non-hydrogen) atoms. The van der Waals surface area contributed by atoms with Crippen LogP contribution >= 0.6 is 0 Å². The fourth-order valence-electron chi connectivity index (χ4n) is 1.57. The van der Waals surface area contributed by atoms with E-state index in [9.17, 15) is 4.79 Å². The SMILES string of the molecule is CC(N)CC(C)Nc1ncccc1C(N)=O. The summed E-state index contributed by atoms with van der Waals surface area (Å²) in [6.45, 7) is 3.93. The van der Waals surface area contributed by atoms with Gasteiger partial charge in [0, 0.05) is 18.3 Å². The van der Waals surface area contributed by atoms with Gasteiger partial charge in [-0.3, -0.25) is 4.79 Å². The van der Waals surface area contributed by atoms with Crippen LogP contribution in [-0.2, 0) is 0 Å². The van der Waals surface area contributed by atoms with E-state index in [1.54, 1.807) is 18.3 Å². The Morgan fingerprint density at radius 1 is 1.56 bits per heavy atom. The zero-order chi connectivity index (χ0) is 12.1. The van der Waals surface area contributed by atoms with E-state index in [0.717, 1.165) is 6.42 Å². The van der Waals surface area contributed by atoms with Gasteiger partial charge in [-0.05, 0) is 32.4 Å². The number of aromatic nitrogens is 1. The van der Waals surface area contributed by atoms with E-state index in [1.807, 2.05) is 13.8 Å². The smallest absolute Gasteiger partial charge is 0.252 e. The number of carbonyl (C=O) groups excluding carboxylic acids is 1. The van der Waals surface area contributed by atoms with Crippen molar-refractivity contribution in [2.75, 3.05) is 5.32 Å². The van der Waals surface area contributed by atoms with Crippen molar-refractivity contribution in [3.8, 4) is 0 Å². The molecule has 1 aromatic rings. The lowest BCUT2D eigenvalue weighted by atomic mass is 10.1. The van der Waals surface area contributed by atoms with E-state index in [0.29, 0.717) is 11.4 Å². The standard InChI is InChI=1S/C11H18N4O/c1-7(12)6-8(2)15-11-9(10(13)16)4-3-5-14-11/h3-5,7-8H,6,12H2,1-2H3,(H2,13,16)(H,14,15). The summed E-state index contributed by atoms with van der Waals surface area (Å²) in [5.74, 6) is 0.0340. The molecule has 0 aliphatic heterocycles. The van der Waals surface area contributed by atoms with E-state index >= 15 is 0 Å². The third-order valence-corrected chi connectivity index (χ3v) is 2.18. The molecule has 0 radical (unpaired) electrons. The van der Waals surface area contributed by atoms with Crippen LogP contribution in [0.3, 0.4) is 0 Å². The molecule has 5 nitrogen and oxygen atoms in total. The van der Waals surface area contributed by atoms with Crippen LogP contribution in [0.5, 0.6) is 0 Å². The fourth-order valence-corrected chi connectivity index (χ4v) is 1.57. The summed E-state index contributed by atoms with van der Waals surface area (Å²) in [6.07, 6.45) is 2.42. The lowest BCUT2D eigenvalue weighted by Crippen LogP contribution is -2.27. The molecule has 88 valence electrons. The predicted molar refractivity (Wildman–Crippen MR) is 64.1 cm³/mol. The van der Waals surface area contributed by atoms with Gasteiger partial charge in [0.2, 0.25) is 0 Å².